The maximum Gasteiger partial charge on any atom is 0.346 e. The summed E-state index contributed by atoms with van der Waals surface area (Å²) in [6.45, 7) is 6.39. The molecule has 0 bridgehead atoms. The highest BCUT2D eigenvalue weighted by Crippen LogP contribution is 2.36. The maximum absolute atomic E-state index is 12.1. The van der Waals surface area contributed by atoms with Crippen molar-refractivity contribution in [1.82, 2.24) is 14.3 Å². The Labute approximate surface area is 94.7 Å². The third-order valence-electron chi connectivity index (χ3n) is 2.77. The molecule has 1 saturated carbocycles. The summed E-state index contributed by atoms with van der Waals surface area (Å²) < 4.78 is 3.18. The molecular weight excluding hydrogens is 206 g/mol. The number of aromatic nitrogens is 3. The van der Waals surface area contributed by atoms with Crippen molar-refractivity contribution in [3.63, 3.8) is 0 Å². The van der Waals surface area contributed by atoms with E-state index in [1.165, 1.54) is 4.68 Å². The van der Waals surface area contributed by atoms with Crippen molar-refractivity contribution >= 4 is 0 Å². The van der Waals surface area contributed by atoms with Crippen molar-refractivity contribution in [1.29, 1.82) is 0 Å². The van der Waals surface area contributed by atoms with Crippen LogP contribution >= 0.6 is 0 Å². The van der Waals surface area contributed by atoms with Crippen LogP contribution < -0.4 is 5.69 Å². The van der Waals surface area contributed by atoms with Crippen molar-refractivity contribution in [2.24, 2.45) is 0 Å². The van der Waals surface area contributed by atoms with E-state index < -0.39 is 0 Å². The minimum atomic E-state index is -0.136. The topological polar surface area (TPSA) is 60.0 Å². The van der Waals surface area contributed by atoms with Gasteiger partial charge < -0.3 is 5.11 Å². The van der Waals surface area contributed by atoms with Gasteiger partial charge in [0.15, 0.2) is 0 Å². The molecule has 0 amide bonds. The van der Waals surface area contributed by atoms with Gasteiger partial charge in [0.1, 0.15) is 5.82 Å². The van der Waals surface area contributed by atoms with Crippen LogP contribution in [0.25, 0.3) is 0 Å². The number of nitrogens with zero attached hydrogens (tertiary/aromatic N) is 3. The van der Waals surface area contributed by atoms with Crippen molar-refractivity contribution in [3.8, 4) is 0 Å². The fourth-order valence-electron chi connectivity index (χ4n) is 1.83. The molecule has 0 aliphatic heterocycles. The molecule has 5 heteroatoms. The molecule has 0 spiro atoms. The van der Waals surface area contributed by atoms with Gasteiger partial charge in [-0.15, -0.1) is 0 Å². The molecule has 1 heterocycles. The highest BCUT2D eigenvalue weighted by Gasteiger charge is 2.33. The van der Waals surface area contributed by atoms with Crippen LogP contribution in [0, 0.1) is 0 Å². The quantitative estimate of drug-likeness (QED) is 0.822. The smallest absolute Gasteiger partial charge is 0.346 e. The zero-order valence-corrected chi connectivity index (χ0v) is 10.1. The average molecular weight is 225 g/mol. The molecule has 1 aromatic rings. The number of hydrogen-bond acceptors (Lipinski definition) is 3. The first kappa shape index (κ1) is 11.4. The van der Waals surface area contributed by atoms with E-state index in [9.17, 15) is 4.79 Å². The molecule has 0 aromatic carbocycles. The van der Waals surface area contributed by atoms with Crippen LogP contribution in [-0.4, -0.2) is 26.1 Å². The van der Waals surface area contributed by atoms with E-state index in [0.717, 1.165) is 18.7 Å². The molecule has 1 fully saturated rings. The molecule has 2 rings (SSSR count). The molecule has 90 valence electrons. The summed E-state index contributed by atoms with van der Waals surface area (Å²) in [6, 6.07) is 0.328. The third kappa shape index (κ3) is 1.91. The van der Waals surface area contributed by atoms with E-state index in [1.807, 2.05) is 0 Å². The number of aliphatic hydroxyl groups is 1. The summed E-state index contributed by atoms with van der Waals surface area (Å²) in [4.78, 5) is 12.1. The summed E-state index contributed by atoms with van der Waals surface area (Å²) >= 11 is 0. The summed E-state index contributed by atoms with van der Waals surface area (Å²) in [5.74, 6) is 0.827. The second-order valence-corrected chi connectivity index (χ2v) is 5.40. The van der Waals surface area contributed by atoms with E-state index in [-0.39, 0.29) is 24.3 Å². The largest absolute Gasteiger partial charge is 0.394 e. The van der Waals surface area contributed by atoms with Crippen LogP contribution in [0.15, 0.2) is 4.79 Å². The normalized spacial score (nSPS) is 16.8. The predicted octanol–water partition coefficient (Wildman–Crippen LogP) is 0.669. The molecule has 1 aliphatic rings. The average Bonchev–Trinajstić information content (AvgIpc) is 2.93. The Hall–Kier alpha value is -1.10. The van der Waals surface area contributed by atoms with Crippen LogP contribution in [0.1, 0.15) is 45.5 Å². The molecule has 0 saturated heterocycles. The number of hydrogen-bond donors (Lipinski definition) is 1. The molecule has 5 nitrogen and oxygen atoms in total. The van der Waals surface area contributed by atoms with Crippen LogP contribution in [-0.2, 0) is 12.0 Å². The zero-order valence-electron chi connectivity index (χ0n) is 10.1. The summed E-state index contributed by atoms with van der Waals surface area (Å²) in [5, 5.41) is 13.2. The van der Waals surface area contributed by atoms with Gasteiger partial charge in [0.2, 0.25) is 0 Å². The molecule has 1 aromatic heterocycles. The molecule has 1 N–H and O–H groups in total. The lowest BCUT2D eigenvalue weighted by molar-refractivity contribution is 0.266. The Morgan fingerprint density at radius 1 is 1.44 bits per heavy atom. The lowest BCUT2D eigenvalue weighted by Crippen LogP contribution is -2.27. The third-order valence-corrected chi connectivity index (χ3v) is 2.77. The van der Waals surface area contributed by atoms with Crippen LogP contribution in [0.3, 0.4) is 0 Å². The Balaban J connectivity index is 2.50. The van der Waals surface area contributed by atoms with Crippen LogP contribution in [0.5, 0.6) is 0 Å². The highest BCUT2D eigenvalue weighted by atomic mass is 16.3. The molecule has 0 atom stereocenters. The van der Waals surface area contributed by atoms with Crippen molar-refractivity contribution in [2.75, 3.05) is 6.61 Å². The second kappa shape index (κ2) is 3.73. The van der Waals surface area contributed by atoms with Gasteiger partial charge in [0.25, 0.3) is 0 Å². The van der Waals surface area contributed by atoms with Gasteiger partial charge in [-0.05, 0) is 12.8 Å². The second-order valence-electron chi connectivity index (χ2n) is 5.40. The van der Waals surface area contributed by atoms with Crippen LogP contribution in [0.4, 0.5) is 0 Å². The minimum Gasteiger partial charge on any atom is -0.394 e. The van der Waals surface area contributed by atoms with Crippen molar-refractivity contribution in [2.45, 2.75) is 51.6 Å². The molecule has 16 heavy (non-hydrogen) atoms. The van der Waals surface area contributed by atoms with Crippen molar-refractivity contribution < 1.29 is 5.11 Å². The van der Waals surface area contributed by atoms with E-state index in [0.29, 0.717) is 6.04 Å². The molecular formula is C11H19N3O2. The van der Waals surface area contributed by atoms with E-state index in [2.05, 4.69) is 25.9 Å². The molecule has 1 aliphatic carbocycles. The lowest BCUT2D eigenvalue weighted by Gasteiger charge is -2.17. The molecule has 0 unspecified atom stereocenters. The standard InChI is InChI=1S/C11H19N3O2/c1-11(2,3)9-12-13(6-7-15)10(16)14(9)8-4-5-8/h8,15H,4-7H2,1-3H3. The highest BCUT2D eigenvalue weighted by molar-refractivity contribution is 5.06. The fraction of sp³-hybridized carbons (Fsp3) is 0.818. The maximum atomic E-state index is 12.1. The summed E-state index contributed by atoms with van der Waals surface area (Å²) in [6.07, 6.45) is 2.13. The SMILES string of the molecule is CC(C)(C)c1nn(CCO)c(=O)n1C1CC1. The predicted molar refractivity (Wildman–Crippen MR) is 60.5 cm³/mol. The Morgan fingerprint density at radius 3 is 2.50 bits per heavy atom. The minimum absolute atomic E-state index is 0.0504. The first-order valence-electron chi connectivity index (χ1n) is 5.76. The van der Waals surface area contributed by atoms with Gasteiger partial charge in [-0.3, -0.25) is 4.57 Å². The first-order valence-corrected chi connectivity index (χ1v) is 5.76. The lowest BCUT2D eigenvalue weighted by atomic mass is 9.96. The monoisotopic (exact) mass is 225 g/mol. The zero-order chi connectivity index (χ0) is 11.9. The summed E-state index contributed by atoms with van der Waals surface area (Å²) in [7, 11) is 0. The van der Waals surface area contributed by atoms with E-state index in [1.54, 1.807) is 4.57 Å². The molecule has 0 radical (unpaired) electrons. The van der Waals surface area contributed by atoms with Crippen molar-refractivity contribution in [3.05, 3.63) is 16.3 Å². The van der Waals surface area contributed by atoms with Crippen LogP contribution in [0.2, 0.25) is 0 Å². The van der Waals surface area contributed by atoms with Gasteiger partial charge >= 0.3 is 5.69 Å². The Morgan fingerprint density at radius 2 is 2.06 bits per heavy atom. The number of rotatable bonds is 3. The first-order chi connectivity index (χ1) is 7.45. The Kier molecular flexibility index (Phi) is 2.66. The van der Waals surface area contributed by atoms with Gasteiger partial charge in [-0.1, -0.05) is 20.8 Å². The van der Waals surface area contributed by atoms with E-state index >= 15 is 0 Å². The fourth-order valence-corrected chi connectivity index (χ4v) is 1.83. The summed E-state index contributed by atoms with van der Waals surface area (Å²) in [5.41, 5.74) is -0.218. The van der Waals surface area contributed by atoms with Gasteiger partial charge in [-0.2, -0.15) is 5.10 Å². The number of aliphatic hydroxyl groups excluding tert-OH is 1. The van der Waals surface area contributed by atoms with Gasteiger partial charge in [0, 0.05) is 11.5 Å². The van der Waals surface area contributed by atoms with Gasteiger partial charge in [-0.25, -0.2) is 9.48 Å². The van der Waals surface area contributed by atoms with E-state index in [4.69, 9.17) is 5.11 Å². The Bertz CT molecular complexity index is 435. The van der Waals surface area contributed by atoms with Gasteiger partial charge in [0.05, 0.1) is 13.2 Å².